The van der Waals surface area contributed by atoms with Crippen LogP contribution in [0.5, 0.6) is 0 Å². The van der Waals surface area contributed by atoms with E-state index in [1.54, 1.807) is 6.92 Å². The van der Waals surface area contributed by atoms with E-state index >= 15 is 0 Å². The van der Waals surface area contributed by atoms with Crippen LogP contribution < -0.4 is 10.6 Å². The van der Waals surface area contributed by atoms with Gasteiger partial charge in [-0.05, 0) is 64.4 Å². The van der Waals surface area contributed by atoms with Crippen molar-refractivity contribution in [2.75, 3.05) is 4.90 Å². The van der Waals surface area contributed by atoms with Crippen molar-refractivity contribution >= 4 is 23.2 Å². The lowest BCUT2D eigenvalue weighted by molar-refractivity contribution is -0.116. The van der Waals surface area contributed by atoms with Gasteiger partial charge in [0.05, 0.1) is 6.54 Å². The highest BCUT2D eigenvalue weighted by molar-refractivity contribution is 6.30. The number of nitrogens with two attached hydrogens (primary N) is 1. The van der Waals surface area contributed by atoms with E-state index in [1.807, 2.05) is 49.1 Å². The van der Waals surface area contributed by atoms with E-state index in [-0.39, 0.29) is 5.91 Å². The Morgan fingerprint density at radius 3 is 2.43 bits per heavy atom. The number of carbonyl (C=O) groups is 1. The molecule has 1 aliphatic rings. The van der Waals surface area contributed by atoms with E-state index in [0.29, 0.717) is 18.1 Å². The number of hydrogen-bond donors (Lipinski definition) is 1. The zero-order chi connectivity index (χ0) is 21.7. The van der Waals surface area contributed by atoms with Gasteiger partial charge in [0.15, 0.2) is 0 Å². The van der Waals surface area contributed by atoms with Crippen LogP contribution in [0, 0.1) is 0 Å². The fraction of sp³-hybridized carbons (Fsp3) is 0.269. The van der Waals surface area contributed by atoms with Crippen molar-refractivity contribution in [2.45, 2.75) is 46.7 Å². The highest BCUT2D eigenvalue weighted by atomic mass is 35.5. The lowest BCUT2D eigenvalue weighted by Gasteiger charge is -2.28. The number of carbonyl (C=O) groups excluding carboxylic acids is 1. The Labute approximate surface area is 184 Å². The topological polar surface area (TPSA) is 46.3 Å². The predicted molar refractivity (Wildman–Crippen MR) is 127 cm³/mol. The fourth-order valence-electron chi connectivity index (χ4n) is 3.98. The van der Waals surface area contributed by atoms with Gasteiger partial charge in [-0.2, -0.15) is 0 Å². The molecule has 30 heavy (non-hydrogen) atoms. The van der Waals surface area contributed by atoms with E-state index < -0.39 is 0 Å². The molecule has 0 aliphatic carbocycles. The predicted octanol–water partition coefficient (Wildman–Crippen LogP) is 6.14. The average molecular weight is 421 g/mol. The summed E-state index contributed by atoms with van der Waals surface area (Å²) in [4.78, 5) is 14.2. The van der Waals surface area contributed by atoms with E-state index in [2.05, 4.69) is 30.3 Å². The molecule has 156 valence electrons. The molecule has 0 radical (unpaired) electrons. The molecule has 0 aromatic heterocycles. The van der Waals surface area contributed by atoms with Gasteiger partial charge in [-0.15, -0.1) is 0 Å². The third kappa shape index (κ3) is 4.58. The number of amides is 1. The zero-order valence-corrected chi connectivity index (χ0v) is 18.7. The first kappa shape index (κ1) is 22.1. The average Bonchev–Trinajstić information content (AvgIpc) is 2.76. The third-order valence-electron chi connectivity index (χ3n) is 5.46. The highest BCUT2D eigenvalue weighted by Gasteiger charge is 2.21. The molecular weight excluding hydrogens is 392 g/mol. The largest absolute Gasteiger partial charge is 0.326 e. The van der Waals surface area contributed by atoms with Crippen molar-refractivity contribution in [3.05, 3.63) is 87.9 Å². The first-order valence-electron chi connectivity index (χ1n) is 10.5. The van der Waals surface area contributed by atoms with Crippen LogP contribution in [0.3, 0.4) is 0 Å². The summed E-state index contributed by atoms with van der Waals surface area (Å²) in [6.07, 6.45) is 1.75. The van der Waals surface area contributed by atoms with Crippen molar-refractivity contribution in [1.29, 1.82) is 0 Å². The van der Waals surface area contributed by atoms with E-state index in [4.69, 9.17) is 17.3 Å². The molecule has 0 spiro atoms. The molecule has 4 rings (SSSR count). The molecule has 1 aliphatic heterocycles. The van der Waals surface area contributed by atoms with E-state index in [0.717, 1.165) is 29.7 Å². The number of fused-ring (bicyclic) bond motifs is 2. The molecule has 0 unspecified atom stereocenters. The van der Waals surface area contributed by atoms with Crippen LogP contribution >= 0.6 is 11.6 Å². The van der Waals surface area contributed by atoms with Gasteiger partial charge in [0, 0.05) is 24.2 Å². The number of anilines is 1. The Morgan fingerprint density at radius 2 is 1.70 bits per heavy atom. The lowest BCUT2D eigenvalue weighted by atomic mass is 9.91. The van der Waals surface area contributed by atoms with Crippen LogP contribution in [0.4, 0.5) is 5.69 Å². The van der Waals surface area contributed by atoms with Gasteiger partial charge in [0.25, 0.3) is 0 Å². The second-order valence-corrected chi connectivity index (χ2v) is 7.66. The molecule has 3 aromatic carbocycles. The molecule has 0 bridgehead atoms. The Bertz CT molecular complexity index is 1040. The molecule has 2 N–H and O–H groups in total. The summed E-state index contributed by atoms with van der Waals surface area (Å²) in [5.41, 5.74) is 13.9. The molecule has 4 heteroatoms. The van der Waals surface area contributed by atoms with Crippen LogP contribution in [0.15, 0.2) is 60.7 Å². The Morgan fingerprint density at radius 1 is 0.967 bits per heavy atom. The van der Waals surface area contributed by atoms with Crippen molar-refractivity contribution in [3.8, 4) is 11.1 Å². The molecule has 1 heterocycles. The number of benzene rings is 3. The minimum Gasteiger partial charge on any atom is -0.326 e. The third-order valence-corrected chi connectivity index (χ3v) is 5.69. The standard InChI is InChI=1S/C24H23ClN2O.C2H6/c1-16(28)27-15-21-9-7-18(23-5-3-2-4-20(23)14-26)12-17(21)6-8-19-13-22(25)10-11-24(19)27;1-2/h2-5,7,9-13H,6,8,14-15,26H2,1H3;1-2H3. The summed E-state index contributed by atoms with van der Waals surface area (Å²) in [5.74, 6) is 0.0361. The van der Waals surface area contributed by atoms with Crippen LogP contribution in [0.25, 0.3) is 11.1 Å². The number of halogens is 1. The maximum atomic E-state index is 12.4. The number of nitrogens with zero attached hydrogens (tertiary/aromatic N) is 1. The monoisotopic (exact) mass is 420 g/mol. The van der Waals surface area contributed by atoms with Crippen molar-refractivity contribution in [2.24, 2.45) is 5.73 Å². The summed E-state index contributed by atoms with van der Waals surface area (Å²) in [6.45, 7) is 6.70. The molecular formula is C26H29ClN2O. The first-order chi connectivity index (χ1) is 14.6. The van der Waals surface area contributed by atoms with Gasteiger partial charge in [-0.25, -0.2) is 0 Å². The maximum Gasteiger partial charge on any atom is 0.224 e. The van der Waals surface area contributed by atoms with E-state index in [1.165, 1.54) is 22.3 Å². The van der Waals surface area contributed by atoms with Gasteiger partial charge in [0.1, 0.15) is 0 Å². The quantitative estimate of drug-likeness (QED) is 0.540. The van der Waals surface area contributed by atoms with Crippen molar-refractivity contribution < 1.29 is 4.79 Å². The normalized spacial score (nSPS) is 12.6. The highest BCUT2D eigenvalue weighted by Crippen LogP contribution is 2.33. The number of rotatable bonds is 2. The summed E-state index contributed by atoms with van der Waals surface area (Å²) >= 11 is 6.22. The summed E-state index contributed by atoms with van der Waals surface area (Å²) in [7, 11) is 0. The van der Waals surface area contributed by atoms with Gasteiger partial charge < -0.3 is 10.6 Å². The van der Waals surface area contributed by atoms with Crippen molar-refractivity contribution in [1.82, 2.24) is 0 Å². The molecule has 0 fully saturated rings. The zero-order valence-electron chi connectivity index (χ0n) is 17.9. The smallest absolute Gasteiger partial charge is 0.224 e. The number of aryl methyl sites for hydroxylation is 2. The van der Waals surface area contributed by atoms with Gasteiger partial charge in [-0.1, -0.05) is 67.9 Å². The van der Waals surface area contributed by atoms with Crippen LogP contribution in [-0.2, 0) is 30.7 Å². The molecule has 0 saturated heterocycles. The van der Waals surface area contributed by atoms with Crippen LogP contribution in [0.1, 0.15) is 43.0 Å². The van der Waals surface area contributed by atoms with Crippen LogP contribution in [-0.4, -0.2) is 5.91 Å². The maximum absolute atomic E-state index is 12.4. The summed E-state index contributed by atoms with van der Waals surface area (Å²) < 4.78 is 0. The van der Waals surface area contributed by atoms with Crippen LogP contribution in [0.2, 0.25) is 5.02 Å². The van der Waals surface area contributed by atoms with Gasteiger partial charge >= 0.3 is 0 Å². The number of hydrogen-bond acceptors (Lipinski definition) is 2. The molecule has 0 atom stereocenters. The molecule has 1 amide bonds. The second-order valence-electron chi connectivity index (χ2n) is 7.22. The minimum absolute atomic E-state index is 0.0361. The second kappa shape index (κ2) is 9.92. The SMILES string of the molecule is CC.CC(=O)N1Cc2ccc(-c3ccccc3CN)cc2CCc2cc(Cl)ccc21. The Balaban J connectivity index is 0.00000124. The van der Waals surface area contributed by atoms with Gasteiger partial charge in [-0.3, -0.25) is 4.79 Å². The first-order valence-corrected chi connectivity index (χ1v) is 10.9. The van der Waals surface area contributed by atoms with E-state index in [9.17, 15) is 4.79 Å². The Hall–Kier alpha value is -2.62. The van der Waals surface area contributed by atoms with Crippen molar-refractivity contribution in [3.63, 3.8) is 0 Å². The summed E-state index contributed by atoms with van der Waals surface area (Å²) in [6, 6.07) is 20.6. The Kier molecular flexibility index (Phi) is 7.30. The fourth-order valence-corrected chi connectivity index (χ4v) is 4.18. The molecule has 3 aromatic rings. The minimum atomic E-state index is 0.0361. The molecule has 3 nitrogen and oxygen atoms in total. The molecule has 0 saturated carbocycles. The van der Waals surface area contributed by atoms with Gasteiger partial charge in [0.2, 0.25) is 5.91 Å². The summed E-state index contributed by atoms with van der Waals surface area (Å²) in [5, 5.41) is 0.702. The lowest BCUT2D eigenvalue weighted by Crippen LogP contribution is -2.30.